The van der Waals surface area contributed by atoms with Crippen LogP contribution in [0.4, 0.5) is 4.39 Å². The Labute approximate surface area is 204 Å². The average Bonchev–Trinajstić information content (AvgIpc) is 3.20. The number of carbonyl (C=O) groups excluding carboxylic acids is 2. The number of rotatable bonds is 6. The van der Waals surface area contributed by atoms with Gasteiger partial charge < -0.3 is 20.4 Å². The van der Waals surface area contributed by atoms with Crippen LogP contribution in [0.2, 0.25) is 0 Å². The molecule has 0 unspecified atom stereocenters. The minimum atomic E-state index is -1.07. The van der Waals surface area contributed by atoms with Crippen LogP contribution < -0.4 is 5.32 Å². The van der Waals surface area contributed by atoms with Crippen LogP contribution in [0.1, 0.15) is 47.8 Å². The second-order valence-corrected chi connectivity index (χ2v) is 8.45. The number of amides is 2. The molecule has 1 aliphatic heterocycles. The van der Waals surface area contributed by atoms with Gasteiger partial charge in [0.15, 0.2) is 5.75 Å². The van der Waals surface area contributed by atoms with Crippen LogP contribution >= 0.6 is 0 Å². The molecule has 36 heavy (non-hydrogen) atoms. The third-order valence-electron chi connectivity index (χ3n) is 6.13. The smallest absolute Gasteiger partial charge is 0.335 e. The van der Waals surface area contributed by atoms with Crippen molar-refractivity contribution in [1.29, 1.82) is 0 Å². The fraction of sp³-hybridized carbons (Fsp3) is 0.111. The van der Waals surface area contributed by atoms with Gasteiger partial charge in [-0.1, -0.05) is 30.3 Å². The number of benzene rings is 3. The summed E-state index contributed by atoms with van der Waals surface area (Å²) in [5.41, 5.74) is 2.13. The van der Waals surface area contributed by atoms with Crippen LogP contribution in [0, 0.1) is 5.82 Å². The number of fused-ring (bicyclic) bond motifs is 2. The molecule has 0 aliphatic carbocycles. The Morgan fingerprint density at radius 1 is 1.06 bits per heavy atom. The number of aromatic nitrogens is 1. The number of phenols is 1. The highest BCUT2D eigenvalue weighted by Crippen LogP contribution is 2.40. The summed E-state index contributed by atoms with van der Waals surface area (Å²) < 4.78 is 13.3. The van der Waals surface area contributed by atoms with Crippen molar-refractivity contribution in [2.45, 2.75) is 19.6 Å². The number of carboxylic acid groups (broad SMARTS) is 1. The lowest BCUT2D eigenvalue weighted by molar-refractivity contribution is 0.0695. The number of carboxylic acids is 1. The molecule has 2 heterocycles. The van der Waals surface area contributed by atoms with E-state index in [0.717, 1.165) is 0 Å². The zero-order chi connectivity index (χ0) is 25.4. The molecule has 0 bridgehead atoms. The van der Waals surface area contributed by atoms with E-state index in [-0.39, 0.29) is 47.6 Å². The minimum absolute atomic E-state index is 0.0151. The summed E-state index contributed by atoms with van der Waals surface area (Å²) in [7, 11) is 0. The highest BCUT2D eigenvalue weighted by molar-refractivity contribution is 6.15. The number of nitrogens with one attached hydrogen (secondary N) is 1. The Morgan fingerprint density at radius 2 is 1.83 bits per heavy atom. The highest BCUT2D eigenvalue weighted by atomic mass is 19.1. The lowest BCUT2D eigenvalue weighted by Gasteiger charge is -2.16. The second kappa shape index (κ2) is 9.10. The Morgan fingerprint density at radius 3 is 2.58 bits per heavy atom. The molecule has 4 aromatic rings. The molecule has 8 nitrogen and oxygen atoms in total. The van der Waals surface area contributed by atoms with Crippen LogP contribution in [0.15, 0.2) is 66.9 Å². The predicted molar refractivity (Wildman–Crippen MR) is 128 cm³/mol. The number of aromatic carboxylic acids is 1. The van der Waals surface area contributed by atoms with Gasteiger partial charge in [0.25, 0.3) is 11.8 Å². The first-order chi connectivity index (χ1) is 17.3. The quantitative estimate of drug-likeness (QED) is 0.382. The van der Waals surface area contributed by atoms with E-state index in [1.54, 1.807) is 36.4 Å². The van der Waals surface area contributed by atoms with Gasteiger partial charge in [-0.05, 0) is 41.5 Å². The van der Waals surface area contributed by atoms with Crippen molar-refractivity contribution in [3.8, 4) is 5.75 Å². The largest absolute Gasteiger partial charge is 0.505 e. The highest BCUT2D eigenvalue weighted by Gasteiger charge is 2.36. The van der Waals surface area contributed by atoms with Crippen LogP contribution in [-0.4, -0.2) is 37.9 Å². The number of halogens is 1. The summed E-state index contributed by atoms with van der Waals surface area (Å²) in [6.07, 6.45) is 1.46. The zero-order valence-electron chi connectivity index (χ0n) is 18.9. The normalized spacial score (nSPS) is 12.6. The van der Waals surface area contributed by atoms with Crippen LogP contribution in [0.3, 0.4) is 0 Å². The molecule has 1 aliphatic rings. The van der Waals surface area contributed by atoms with Crippen molar-refractivity contribution < 1.29 is 29.0 Å². The van der Waals surface area contributed by atoms with E-state index >= 15 is 0 Å². The lowest BCUT2D eigenvalue weighted by Crippen LogP contribution is -2.25. The SMILES string of the molecule is O=C(O)c1cccc(CNC(=O)c2c3c(c(O)c4ncccc24)C(=O)N(Cc2ccc(F)cc2)C3)c1. The first-order valence-corrected chi connectivity index (χ1v) is 11.1. The summed E-state index contributed by atoms with van der Waals surface area (Å²) in [4.78, 5) is 43.6. The van der Waals surface area contributed by atoms with Crippen molar-refractivity contribution in [2.24, 2.45) is 0 Å². The molecule has 0 fully saturated rings. The van der Waals surface area contributed by atoms with E-state index in [9.17, 15) is 29.0 Å². The first-order valence-electron chi connectivity index (χ1n) is 11.1. The molecule has 0 saturated carbocycles. The van der Waals surface area contributed by atoms with Gasteiger partial charge in [0.05, 0.1) is 16.7 Å². The summed E-state index contributed by atoms with van der Waals surface area (Å²) in [5.74, 6) is -2.70. The van der Waals surface area contributed by atoms with Gasteiger partial charge in [0.2, 0.25) is 0 Å². The van der Waals surface area contributed by atoms with Gasteiger partial charge in [0, 0.05) is 36.8 Å². The fourth-order valence-corrected chi connectivity index (χ4v) is 4.44. The predicted octanol–water partition coefficient (Wildman–Crippen LogP) is 3.86. The van der Waals surface area contributed by atoms with Gasteiger partial charge in [0.1, 0.15) is 11.3 Å². The number of pyridine rings is 1. The summed E-state index contributed by atoms with van der Waals surface area (Å²) in [5, 5.41) is 23.3. The maximum absolute atomic E-state index is 13.4. The standard InChI is InChI=1S/C27H20FN3O5/c28-18-8-6-15(7-9-18)13-31-14-20-21(19-5-2-10-29-23(19)24(32)22(20)26(31)34)25(33)30-12-16-3-1-4-17(11-16)27(35)36/h1-11,32H,12-14H2,(H,30,33)(H,35,36). The Kier molecular flexibility index (Phi) is 5.81. The Hall–Kier alpha value is -4.79. The van der Waals surface area contributed by atoms with Crippen molar-refractivity contribution in [3.63, 3.8) is 0 Å². The maximum Gasteiger partial charge on any atom is 0.335 e. The number of phenolic OH excluding ortho intramolecular Hbond substituents is 1. The van der Waals surface area contributed by atoms with Crippen LogP contribution in [0.5, 0.6) is 5.75 Å². The van der Waals surface area contributed by atoms with Crippen molar-refractivity contribution in [3.05, 3.63) is 106 Å². The van der Waals surface area contributed by atoms with E-state index in [0.29, 0.717) is 22.1 Å². The van der Waals surface area contributed by atoms with Gasteiger partial charge in [-0.3, -0.25) is 14.6 Å². The van der Waals surface area contributed by atoms with Gasteiger partial charge in [-0.15, -0.1) is 0 Å². The molecule has 0 atom stereocenters. The molecule has 2 amide bonds. The van der Waals surface area contributed by atoms with E-state index in [1.165, 1.54) is 35.4 Å². The van der Waals surface area contributed by atoms with E-state index in [1.807, 2.05) is 0 Å². The zero-order valence-corrected chi connectivity index (χ0v) is 18.9. The number of hydrogen-bond acceptors (Lipinski definition) is 5. The van der Waals surface area contributed by atoms with Crippen LogP contribution in [-0.2, 0) is 19.6 Å². The molecule has 0 radical (unpaired) electrons. The number of carbonyl (C=O) groups is 3. The summed E-state index contributed by atoms with van der Waals surface area (Å²) in [6.45, 7) is 0.297. The minimum Gasteiger partial charge on any atom is -0.505 e. The van der Waals surface area contributed by atoms with Gasteiger partial charge >= 0.3 is 5.97 Å². The van der Waals surface area contributed by atoms with E-state index in [4.69, 9.17) is 0 Å². The molecule has 9 heteroatoms. The third-order valence-corrected chi connectivity index (χ3v) is 6.13. The average molecular weight is 485 g/mol. The van der Waals surface area contributed by atoms with Crippen molar-refractivity contribution in [1.82, 2.24) is 15.2 Å². The van der Waals surface area contributed by atoms with Gasteiger partial charge in [-0.25, -0.2) is 9.18 Å². The number of aromatic hydroxyl groups is 1. The number of nitrogens with zero attached hydrogens (tertiary/aromatic N) is 2. The molecule has 3 N–H and O–H groups in total. The van der Waals surface area contributed by atoms with E-state index < -0.39 is 23.6 Å². The second-order valence-electron chi connectivity index (χ2n) is 8.45. The third kappa shape index (κ3) is 4.11. The molecule has 0 spiro atoms. The topological polar surface area (TPSA) is 120 Å². The molecule has 1 aromatic heterocycles. The molecule has 0 saturated heterocycles. The monoisotopic (exact) mass is 485 g/mol. The maximum atomic E-state index is 13.4. The summed E-state index contributed by atoms with van der Waals surface area (Å²) >= 11 is 0. The van der Waals surface area contributed by atoms with Crippen molar-refractivity contribution >= 4 is 28.7 Å². The lowest BCUT2D eigenvalue weighted by atomic mass is 9.96. The van der Waals surface area contributed by atoms with E-state index in [2.05, 4.69) is 10.3 Å². The molecular formula is C27H20FN3O5. The van der Waals surface area contributed by atoms with Crippen molar-refractivity contribution in [2.75, 3.05) is 0 Å². The Bertz CT molecular complexity index is 1530. The van der Waals surface area contributed by atoms with Gasteiger partial charge in [-0.2, -0.15) is 0 Å². The molecular weight excluding hydrogens is 465 g/mol. The molecule has 3 aromatic carbocycles. The fourth-order valence-electron chi connectivity index (χ4n) is 4.44. The molecule has 5 rings (SSSR count). The Balaban J connectivity index is 1.50. The molecule has 180 valence electrons. The summed E-state index contributed by atoms with van der Waals surface area (Å²) in [6, 6.07) is 15.2. The number of hydrogen-bond donors (Lipinski definition) is 3. The first kappa shape index (κ1) is 23.0. The van der Waals surface area contributed by atoms with Crippen LogP contribution in [0.25, 0.3) is 10.9 Å².